The maximum atomic E-state index is 12.6. The summed E-state index contributed by atoms with van der Waals surface area (Å²) in [5.74, 6) is 1.22. The lowest BCUT2D eigenvalue weighted by Crippen LogP contribution is -2.54. The van der Waals surface area contributed by atoms with Gasteiger partial charge in [-0.1, -0.05) is 32.0 Å². The van der Waals surface area contributed by atoms with Gasteiger partial charge in [0.05, 0.1) is 6.04 Å². The summed E-state index contributed by atoms with van der Waals surface area (Å²) in [4.78, 5) is 29.6. The van der Waals surface area contributed by atoms with Crippen molar-refractivity contribution in [2.45, 2.75) is 31.2 Å². The van der Waals surface area contributed by atoms with Gasteiger partial charge in [0, 0.05) is 42.7 Å². The Labute approximate surface area is 147 Å². The van der Waals surface area contributed by atoms with Crippen molar-refractivity contribution in [1.82, 2.24) is 15.1 Å². The molecule has 0 unspecified atom stereocenters. The zero-order valence-corrected chi connectivity index (χ0v) is 15.1. The summed E-state index contributed by atoms with van der Waals surface area (Å²) in [5.41, 5.74) is 1.22. The molecular formula is C18H25N3O2S. The molecule has 1 aromatic rings. The topological polar surface area (TPSA) is 52.7 Å². The van der Waals surface area contributed by atoms with Crippen LogP contribution in [0.2, 0.25) is 0 Å². The molecule has 2 aliphatic heterocycles. The SMILES string of the molecule is CC(C)C(=O)N1CCN(C(=O)N[C@@H]2CCSc3ccccc32)CC1. The predicted octanol–water partition coefficient (Wildman–Crippen LogP) is 2.73. The van der Waals surface area contributed by atoms with Crippen LogP contribution in [0, 0.1) is 5.92 Å². The normalized spacial score (nSPS) is 20.7. The minimum atomic E-state index is -0.0154. The number of amides is 3. The fraction of sp³-hybridized carbons (Fsp3) is 0.556. The first-order valence-electron chi connectivity index (χ1n) is 8.62. The maximum absolute atomic E-state index is 12.6. The van der Waals surface area contributed by atoms with Crippen molar-refractivity contribution < 1.29 is 9.59 Å². The Balaban J connectivity index is 1.57. The molecule has 3 amide bonds. The van der Waals surface area contributed by atoms with Gasteiger partial charge in [-0.2, -0.15) is 0 Å². The minimum absolute atomic E-state index is 0.0154. The second kappa shape index (κ2) is 7.47. The Morgan fingerprint density at radius 2 is 1.79 bits per heavy atom. The molecule has 0 aromatic heterocycles. The molecule has 130 valence electrons. The van der Waals surface area contributed by atoms with Crippen molar-refractivity contribution >= 4 is 23.7 Å². The van der Waals surface area contributed by atoms with Crippen LogP contribution in [0.1, 0.15) is 31.9 Å². The van der Waals surface area contributed by atoms with Gasteiger partial charge in [-0.25, -0.2) is 4.79 Å². The van der Waals surface area contributed by atoms with Crippen molar-refractivity contribution in [3.05, 3.63) is 29.8 Å². The maximum Gasteiger partial charge on any atom is 0.318 e. The molecule has 1 fully saturated rings. The van der Waals surface area contributed by atoms with E-state index in [4.69, 9.17) is 0 Å². The van der Waals surface area contributed by atoms with E-state index in [-0.39, 0.29) is 23.9 Å². The average Bonchev–Trinajstić information content (AvgIpc) is 2.61. The number of nitrogens with one attached hydrogen (secondary N) is 1. The Kier molecular flexibility index (Phi) is 5.33. The number of nitrogens with zero attached hydrogens (tertiary/aromatic N) is 2. The van der Waals surface area contributed by atoms with Crippen LogP contribution in [-0.2, 0) is 4.79 Å². The number of benzene rings is 1. The molecule has 0 bridgehead atoms. The summed E-state index contributed by atoms with van der Waals surface area (Å²) in [6.07, 6.45) is 0.958. The Hall–Kier alpha value is -1.69. The van der Waals surface area contributed by atoms with E-state index in [0.717, 1.165) is 12.2 Å². The highest BCUT2D eigenvalue weighted by Crippen LogP contribution is 2.35. The Bertz CT molecular complexity index is 612. The number of hydrogen-bond donors (Lipinski definition) is 1. The predicted molar refractivity (Wildman–Crippen MR) is 96.0 cm³/mol. The number of piperazine rings is 1. The van der Waals surface area contributed by atoms with Crippen molar-refractivity contribution in [2.24, 2.45) is 5.92 Å². The fourth-order valence-corrected chi connectivity index (χ4v) is 4.35. The van der Waals surface area contributed by atoms with Crippen LogP contribution in [0.15, 0.2) is 29.2 Å². The molecule has 0 radical (unpaired) electrons. The first kappa shape index (κ1) is 17.1. The third kappa shape index (κ3) is 3.69. The second-order valence-electron chi connectivity index (χ2n) is 6.64. The lowest BCUT2D eigenvalue weighted by Gasteiger charge is -2.36. The van der Waals surface area contributed by atoms with Crippen molar-refractivity contribution in [2.75, 3.05) is 31.9 Å². The van der Waals surface area contributed by atoms with Gasteiger partial charge in [-0.15, -0.1) is 11.8 Å². The first-order valence-corrected chi connectivity index (χ1v) is 9.61. The number of thioether (sulfide) groups is 1. The third-order valence-electron chi connectivity index (χ3n) is 4.63. The molecule has 2 heterocycles. The van der Waals surface area contributed by atoms with Crippen LogP contribution in [0.25, 0.3) is 0 Å². The fourth-order valence-electron chi connectivity index (χ4n) is 3.23. The lowest BCUT2D eigenvalue weighted by atomic mass is 10.0. The van der Waals surface area contributed by atoms with Gasteiger partial charge < -0.3 is 15.1 Å². The highest BCUT2D eigenvalue weighted by atomic mass is 32.2. The van der Waals surface area contributed by atoms with E-state index in [1.165, 1.54) is 10.5 Å². The van der Waals surface area contributed by atoms with Gasteiger partial charge in [0.1, 0.15) is 0 Å². The molecule has 0 aliphatic carbocycles. The molecule has 1 aromatic carbocycles. The summed E-state index contributed by atoms with van der Waals surface area (Å²) >= 11 is 1.85. The molecule has 5 nitrogen and oxygen atoms in total. The molecule has 6 heteroatoms. The molecule has 2 aliphatic rings. The Morgan fingerprint density at radius 1 is 1.12 bits per heavy atom. The summed E-state index contributed by atoms with van der Waals surface area (Å²) in [5, 5.41) is 3.18. The van der Waals surface area contributed by atoms with E-state index in [2.05, 4.69) is 17.4 Å². The summed E-state index contributed by atoms with van der Waals surface area (Å²) < 4.78 is 0. The smallest absolute Gasteiger partial charge is 0.318 e. The molecule has 0 spiro atoms. The van der Waals surface area contributed by atoms with E-state index < -0.39 is 0 Å². The van der Waals surface area contributed by atoms with Gasteiger partial charge in [-0.05, 0) is 18.1 Å². The first-order chi connectivity index (χ1) is 11.6. The number of urea groups is 1. The van der Waals surface area contributed by atoms with Gasteiger partial charge in [0.2, 0.25) is 5.91 Å². The van der Waals surface area contributed by atoms with Gasteiger partial charge in [0.25, 0.3) is 0 Å². The van der Waals surface area contributed by atoms with Crippen LogP contribution >= 0.6 is 11.8 Å². The summed E-state index contributed by atoms with van der Waals surface area (Å²) in [7, 11) is 0. The van der Waals surface area contributed by atoms with Gasteiger partial charge >= 0.3 is 6.03 Å². The van der Waals surface area contributed by atoms with Crippen LogP contribution < -0.4 is 5.32 Å². The van der Waals surface area contributed by atoms with E-state index in [1.54, 1.807) is 0 Å². The van der Waals surface area contributed by atoms with Crippen LogP contribution in [0.4, 0.5) is 4.79 Å². The van der Waals surface area contributed by atoms with E-state index in [1.807, 2.05) is 47.5 Å². The van der Waals surface area contributed by atoms with Crippen LogP contribution in [0.5, 0.6) is 0 Å². The molecular weight excluding hydrogens is 322 g/mol. The summed E-state index contributed by atoms with van der Waals surface area (Å²) in [6.45, 7) is 6.30. The zero-order chi connectivity index (χ0) is 17.1. The molecule has 1 atom stereocenters. The average molecular weight is 347 g/mol. The van der Waals surface area contributed by atoms with Gasteiger partial charge in [0.15, 0.2) is 0 Å². The van der Waals surface area contributed by atoms with E-state index in [9.17, 15) is 9.59 Å². The van der Waals surface area contributed by atoms with Crippen LogP contribution in [0.3, 0.4) is 0 Å². The third-order valence-corrected chi connectivity index (χ3v) is 5.75. The quantitative estimate of drug-likeness (QED) is 0.895. The zero-order valence-electron chi connectivity index (χ0n) is 14.3. The molecule has 1 saturated heterocycles. The largest absolute Gasteiger partial charge is 0.339 e. The van der Waals surface area contributed by atoms with E-state index >= 15 is 0 Å². The van der Waals surface area contributed by atoms with E-state index in [0.29, 0.717) is 26.2 Å². The number of rotatable bonds is 2. The number of hydrogen-bond acceptors (Lipinski definition) is 3. The molecule has 0 saturated carbocycles. The standard InChI is InChI=1S/C18H25N3O2S/c1-13(2)17(22)20-8-10-21(11-9-20)18(23)19-15-7-12-24-16-6-4-3-5-14(15)16/h3-6,13,15H,7-12H2,1-2H3,(H,19,23)/t15-/m1/s1. The minimum Gasteiger partial charge on any atom is -0.339 e. The molecule has 3 rings (SSSR count). The number of carbonyl (C=O) groups excluding carboxylic acids is 2. The highest BCUT2D eigenvalue weighted by molar-refractivity contribution is 7.99. The number of carbonyl (C=O) groups is 2. The number of fused-ring (bicyclic) bond motifs is 1. The second-order valence-corrected chi connectivity index (χ2v) is 7.78. The summed E-state index contributed by atoms with van der Waals surface area (Å²) in [6, 6.07) is 8.37. The van der Waals surface area contributed by atoms with Gasteiger partial charge in [-0.3, -0.25) is 4.79 Å². The molecule has 1 N–H and O–H groups in total. The lowest BCUT2D eigenvalue weighted by molar-refractivity contribution is -0.135. The monoisotopic (exact) mass is 347 g/mol. The Morgan fingerprint density at radius 3 is 2.50 bits per heavy atom. The van der Waals surface area contributed by atoms with Crippen molar-refractivity contribution in [3.63, 3.8) is 0 Å². The van der Waals surface area contributed by atoms with Crippen molar-refractivity contribution in [1.29, 1.82) is 0 Å². The highest BCUT2D eigenvalue weighted by Gasteiger charge is 2.28. The van der Waals surface area contributed by atoms with Crippen molar-refractivity contribution in [3.8, 4) is 0 Å². The molecule has 24 heavy (non-hydrogen) atoms. The van der Waals surface area contributed by atoms with Crippen LogP contribution in [-0.4, -0.2) is 53.7 Å².